The molecule has 1 aromatic carbocycles. The molecule has 3 aromatic rings. The van der Waals surface area contributed by atoms with Crippen molar-refractivity contribution in [2.24, 2.45) is 0 Å². The normalized spacial score (nSPS) is 10.6. The Balaban J connectivity index is 1.72. The molecule has 0 saturated heterocycles. The second-order valence-electron chi connectivity index (χ2n) is 6.66. The molecule has 134 valence electrons. The number of aryl methyl sites for hydroxylation is 3. The van der Waals surface area contributed by atoms with Gasteiger partial charge in [0.05, 0.1) is 0 Å². The number of aromatic nitrogens is 3. The molecule has 5 nitrogen and oxygen atoms in total. The predicted octanol–water partition coefficient (Wildman–Crippen LogP) is 4.22. The smallest absolute Gasteiger partial charge is 0.229 e. The van der Waals surface area contributed by atoms with Gasteiger partial charge in [-0.15, -0.1) is 0 Å². The van der Waals surface area contributed by atoms with Gasteiger partial charge in [0.15, 0.2) is 0 Å². The highest BCUT2D eigenvalue weighted by Gasteiger charge is 2.08. The van der Waals surface area contributed by atoms with E-state index in [0.717, 1.165) is 24.5 Å². The van der Waals surface area contributed by atoms with E-state index in [-0.39, 0.29) is 0 Å². The maximum Gasteiger partial charge on any atom is 0.229 e. The minimum Gasteiger partial charge on any atom is -0.359 e. The fourth-order valence-corrected chi connectivity index (χ4v) is 3.07. The largest absolute Gasteiger partial charge is 0.359 e. The van der Waals surface area contributed by atoms with Gasteiger partial charge in [0.25, 0.3) is 0 Å². The number of benzene rings is 1. The molecule has 0 fully saturated rings. The van der Waals surface area contributed by atoms with Crippen LogP contribution in [0.2, 0.25) is 0 Å². The van der Waals surface area contributed by atoms with Crippen molar-refractivity contribution in [3.05, 3.63) is 71.2 Å². The molecule has 0 unspecified atom stereocenters. The summed E-state index contributed by atoms with van der Waals surface area (Å²) in [4.78, 5) is 15.3. The molecule has 0 atom stereocenters. The average molecular weight is 347 g/mol. The van der Waals surface area contributed by atoms with Crippen LogP contribution in [0.15, 0.2) is 48.9 Å². The molecule has 0 saturated carbocycles. The summed E-state index contributed by atoms with van der Waals surface area (Å²) in [5.41, 5.74) is 6.00. The SMILES string of the molecule is Cc1cc(C)c(Nc2nccc(N(C)CCc3ccncc3)n2)c(C)c1. The van der Waals surface area contributed by atoms with Crippen molar-refractivity contribution in [2.75, 3.05) is 23.8 Å². The molecule has 0 aliphatic heterocycles. The summed E-state index contributed by atoms with van der Waals surface area (Å²) < 4.78 is 0. The van der Waals surface area contributed by atoms with E-state index in [1.165, 1.54) is 22.3 Å². The zero-order valence-corrected chi connectivity index (χ0v) is 15.8. The Bertz CT molecular complexity index is 854. The van der Waals surface area contributed by atoms with E-state index in [2.05, 4.69) is 65.1 Å². The van der Waals surface area contributed by atoms with Gasteiger partial charge in [-0.3, -0.25) is 4.98 Å². The highest BCUT2D eigenvalue weighted by molar-refractivity contribution is 5.64. The number of hydrogen-bond donors (Lipinski definition) is 1. The van der Waals surface area contributed by atoms with Crippen molar-refractivity contribution in [1.29, 1.82) is 0 Å². The van der Waals surface area contributed by atoms with Crippen LogP contribution in [0.4, 0.5) is 17.5 Å². The van der Waals surface area contributed by atoms with Gasteiger partial charge in [0, 0.05) is 37.9 Å². The summed E-state index contributed by atoms with van der Waals surface area (Å²) in [5.74, 6) is 1.52. The average Bonchev–Trinajstić information content (AvgIpc) is 2.64. The second-order valence-corrected chi connectivity index (χ2v) is 6.66. The quantitative estimate of drug-likeness (QED) is 0.723. The highest BCUT2D eigenvalue weighted by Crippen LogP contribution is 2.25. The molecular formula is C21H25N5. The number of nitrogens with one attached hydrogen (secondary N) is 1. The van der Waals surface area contributed by atoms with Crippen molar-refractivity contribution in [1.82, 2.24) is 15.0 Å². The summed E-state index contributed by atoms with van der Waals surface area (Å²) >= 11 is 0. The lowest BCUT2D eigenvalue weighted by atomic mass is 10.1. The first kappa shape index (κ1) is 17.9. The van der Waals surface area contributed by atoms with Gasteiger partial charge in [0.1, 0.15) is 5.82 Å². The van der Waals surface area contributed by atoms with Crippen LogP contribution >= 0.6 is 0 Å². The number of likely N-dealkylation sites (N-methyl/N-ethyl adjacent to an activating group) is 1. The van der Waals surface area contributed by atoms with Gasteiger partial charge in [-0.05, 0) is 62.1 Å². The minimum atomic E-state index is 0.619. The zero-order chi connectivity index (χ0) is 18.5. The van der Waals surface area contributed by atoms with Crippen LogP contribution < -0.4 is 10.2 Å². The lowest BCUT2D eigenvalue weighted by Crippen LogP contribution is -2.21. The summed E-state index contributed by atoms with van der Waals surface area (Å²) in [6.45, 7) is 7.20. The minimum absolute atomic E-state index is 0.619. The molecule has 0 amide bonds. The summed E-state index contributed by atoms with van der Waals surface area (Å²) in [7, 11) is 2.05. The molecule has 1 N–H and O–H groups in total. The predicted molar refractivity (Wildman–Crippen MR) is 107 cm³/mol. The van der Waals surface area contributed by atoms with Crippen LogP contribution in [0.5, 0.6) is 0 Å². The Morgan fingerprint density at radius 3 is 2.35 bits per heavy atom. The maximum atomic E-state index is 4.68. The Morgan fingerprint density at radius 1 is 0.962 bits per heavy atom. The van der Waals surface area contributed by atoms with Crippen molar-refractivity contribution in [3.63, 3.8) is 0 Å². The number of anilines is 3. The van der Waals surface area contributed by atoms with Gasteiger partial charge in [-0.25, -0.2) is 4.98 Å². The molecule has 0 aliphatic rings. The van der Waals surface area contributed by atoms with E-state index in [9.17, 15) is 0 Å². The number of hydrogen-bond acceptors (Lipinski definition) is 5. The first-order chi connectivity index (χ1) is 12.5. The van der Waals surface area contributed by atoms with Gasteiger partial charge < -0.3 is 10.2 Å². The Labute approximate surface area is 155 Å². The standard InChI is InChI=1S/C21H25N5/c1-15-13-16(2)20(17(3)14-15)25-21-23-11-7-19(24-21)26(4)12-8-18-5-9-22-10-6-18/h5-7,9-11,13-14H,8,12H2,1-4H3,(H,23,24,25). The van der Waals surface area contributed by atoms with Crippen LogP contribution in [0.25, 0.3) is 0 Å². The van der Waals surface area contributed by atoms with E-state index in [1.807, 2.05) is 30.6 Å². The Kier molecular flexibility index (Phi) is 5.46. The van der Waals surface area contributed by atoms with Crippen LogP contribution in [0, 0.1) is 20.8 Å². The van der Waals surface area contributed by atoms with Crippen molar-refractivity contribution < 1.29 is 0 Å². The number of nitrogens with zero attached hydrogens (tertiary/aromatic N) is 4. The fourth-order valence-electron chi connectivity index (χ4n) is 3.07. The van der Waals surface area contributed by atoms with Crippen molar-refractivity contribution in [2.45, 2.75) is 27.2 Å². The molecular weight excluding hydrogens is 322 g/mol. The van der Waals surface area contributed by atoms with E-state index in [4.69, 9.17) is 0 Å². The molecule has 26 heavy (non-hydrogen) atoms. The lowest BCUT2D eigenvalue weighted by molar-refractivity contribution is 0.855. The van der Waals surface area contributed by atoms with E-state index in [0.29, 0.717) is 5.95 Å². The third kappa shape index (κ3) is 4.36. The maximum absolute atomic E-state index is 4.68. The molecule has 0 spiro atoms. The van der Waals surface area contributed by atoms with Gasteiger partial charge in [-0.2, -0.15) is 4.98 Å². The van der Waals surface area contributed by atoms with E-state index >= 15 is 0 Å². The van der Waals surface area contributed by atoms with Crippen molar-refractivity contribution in [3.8, 4) is 0 Å². The zero-order valence-electron chi connectivity index (χ0n) is 15.8. The van der Waals surface area contributed by atoms with Gasteiger partial charge in [0.2, 0.25) is 5.95 Å². The first-order valence-corrected chi connectivity index (χ1v) is 8.81. The van der Waals surface area contributed by atoms with E-state index < -0.39 is 0 Å². The number of pyridine rings is 1. The van der Waals surface area contributed by atoms with Crippen LogP contribution in [-0.4, -0.2) is 28.5 Å². The van der Waals surface area contributed by atoms with Gasteiger partial charge in [-0.1, -0.05) is 17.7 Å². The topological polar surface area (TPSA) is 53.9 Å². The third-order valence-corrected chi connectivity index (χ3v) is 4.43. The van der Waals surface area contributed by atoms with Gasteiger partial charge >= 0.3 is 0 Å². The monoisotopic (exact) mass is 347 g/mol. The summed E-state index contributed by atoms with van der Waals surface area (Å²) in [6, 6.07) is 10.4. The summed E-state index contributed by atoms with van der Waals surface area (Å²) in [5, 5.41) is 3.38. The van der Waals surface area contributed by atoms with Crippen LogP contribution in [0.3, 0.4) is 0 Å². The molecule has 0 radical (unpaired) electrons. The lowest BCUT2D eigenvalue weighted by Gasteiger charge is -2.19. The molecule has 3 rings (SSSR count). The Hall–Kier alpha value is -2.95. The molecule has 5 heteroatoms. The third-order valence-electron chi connectivity index (χ3n) is 4.43. The number of rotatable bonds is 6. The molecule has 2 heterocycles. The summed E-state index contributed by atoms with van der Waals surface area (Å²) in [6.07, 6.45) is 6.40. The van der Waals surface area contributed by atoms with Crippen LogP contribution in [0.1, 0.15) is 22.3 Å². The molecule has 2 aromatic heterocycles. The second kappa shape index (κ2) is 7.95. The highest BCUT2D eigenvalue weighted by atomic mass is 15.2. The molecule has 0 bridgehead atoms. The molecule has 0 aliphatic carbocycles. The van der Waals surface area contributed by atoms with Crippen molar-refractivity contribution >= 4 is 17.5 Å². The first-order valence-electron chi connectivity index (χ1n) is 8.81. The van der Waals surface area contributed by atoms with E-state index in [1.54, 1.807) is 6.20 Å². The Morgan fingerprint density at radius 2 is 1.65 bits per heavy atom. The van der Waals surface area contributed by atoms with Crippen LogP contribution in [-0.2, 0) is 6.42 Å². The fraction of sp³-hybridized carbons (Fsp3) is 0.286.